The lowest BCUT2D eigenvalue weighted by Crippen LogP contribution is -1.95. The van der Waals surface area contributed by atoms with Crippen molar-refractivity contribution in [1.82, 2.24) is 9.97 Å². The zero-order valence-corrected chi connectivity index (χ0v) is 6.28. The molecule has 0 aliphatic heterocycles. The van der Waals surface area contributed by atoms with E-state index in [0.717, 1.165) is 5.56 Å². The normalized spacial score (nSPS) is 10.3. The third kappa shape index (κ3) is 1.97. The maximum atomic E-state index is 7.46. The molecule has 1 rings (SSSR count). The number of hydrogen-bond donors (Lipinski definition) is 1. The highest BCUT2D eigenvalue weighted by molar-refractivity contribution is 6.05. The first-order chi connectivity index (χ1) is 5.34. The summed E-state index contributed by atoms with van der Waals surface area (Å²) in [6.45, 7) is 1.87. The van der Waals surface area contributed by atoms with E-state index in [1.165, 1.54) is 6.33 Å². The van der Waals surface area contributed by atoms with Crippen molar-refractivity contribution in [3.8, 4) is 0 Å². The first kappa shape index (κ1) is 7.60. The largest absolute Gasteiger partial charge is 0.300 e. The van der Waals surface area contributed by atoms with E-state index in [9.17, 15) is 0 Å². The van der Waals surface area contributed by atoms with Crippen LogP contribution in [0.5, 0.6) is 0 Å². The molecule has 3 nitrogen and oxygen atoms in total. The second kappa shape index (κ2) is 3.61. The van der Waals surface area contributed by atoms with Gasteiger partial charge in [0.05, 0.1) is 5.71 Å². The summed E-state index contributed by atoms with van der Waals surface area (Å²) in [6, 6.07) is 0. The Morgan fingerprint density at radius 1 is 1.45 bits per heavy atom. The van der Waals surface area contributed by atoms with Gasteiger partial charge in [-0.1, -0.05) is 6.08 Å². The maximum Gasteiger partial charge on any atom is 0.115 e. The average Bonchev–Trinajstić information content (AvgIpc) is 2.07. The van der Waals surface area contributed by atoms with Gasteiger partial charge in [0.25, 0.3) is 0 Å². The van der Waals surface area contributed by atoms with E-state index in [1.807, 2.05) is 13.0 Å². The van der Waals surface area contributed by atoms with Gasteiger partial charge in [0.1, 0.15) is 6.33 Å². The highest BCUT2D eigenvalue weighted by Gasteiger charge is 1.94. The minimum atomic E-state index is 0.438. The first-order valence-corrected chi connectivity index (χ1v) is 3.31. The number of aromatic nitrogens is 2. The van der Waals surface area contributed by atoms with Crippen LogP contribution in [0.1, 0.15) is 12.5 Å². The summed E-state index contributed by atoms with van der Waals surface area (Å²) in [5.74, 6) is 0. The van der Waals surface area contributed by atoms with E-state index in [0.29, 0.717) is 5.71 Å². The number of hydrogen-bond acceptors (Lipinski definition) is 3. The fraction of sp³-hybridized carbons (Fsp3) is 0.125. The highest BCUT2D eigenvalue weighted by Crippen LogP contribution is 1.95. The van der Waals surface area contributed by atoms with Crippen molar-refractivity contribution in [3.63, 3.8) is 0 Å². The Morgan fingerprint density at radius 3 is 2.64 bits per heavy atom. The van der Waals surface area contributed by atoms with Crippen molar-refractivity contribution in [1.29, 1.82) is 5.41 Å². The molecule has 0 atom stereocenters. The molecule has 0 unspecified atom stereocenters. The average molecular weight is 147 g/mol. The molecule has 0 bridgehead atoms. The molecule has 11 heavy (non-hydrogen) atoms. The molecule has 0 amide bonds. The van der Waals surface area contributed by atoms with Gasteiger partial charge in [0.15, 0.2) is 0 Å². The fourth-order valence-electron chi connectivity index (χ4n) is 0.701. The molecule has 0 saturated heterocycles. The van der Waals surface area contributed by atoms with Crippen LogP contribution in [0, 0.1) is 5.41 Å². The van der Waals surface area contributed by atoms with Gasteiger partial charge >= 0.3 is 0 Å². The number of rotatable bonds is 2. The van der Waals surface area contributed by atoms with Crippen molar-refractivity contribution in [3.05, 3.63) is 36.4 Å². The number of nitrogens with one attached hydrogen (secondary N) is 1. The van der Waals surface area contributed by atoms with Crippen LogP contribution in [0.2, 0.25) is 0 Å². The smallest absolute Gasteiger partial charge is 0.115 e. The summed E-state index contributed by atoms with van der Waals surface area (Å²) in [7, 11) is 0. The Labute approximate surface area is 65.3 Å². The van der Waals surface area contributed by atoms with E-state index in [1.54, 1.807) is 18.5 Å². The van der Waals surface area contributed by atoms with Gasteiger partial charge in [-0.25, -0.2) is 9.97 Å². The Kier molecular flexibility index (Phi) is 2.49. The summed E-state index contributed by atoms with van der Waals surface area (Å²) in [4.78, 5) is 7.60. The Morgan fingerprint density at radius 2 is 2.09 bits per heavy atom. The van der Waals surface area contributed by atoms with E-state index < -0.39 is 0 Å². The molecule has 1 N–H and O–H groups in total. The molecule has 0 fully saturated rings. The molecule has 1 heterocycles. The first-order valence-electron chi connectivity index (χ1n) is 3.31. The van der Waals surface area contributed by atoms with Crippen LogP contribution in [0.15, 0.2) is 30.9 Å². The van der Waals surface area contributed by atoms with Crippen molar-refractivity contribution in [2.24, 2.45) is 0 Å². The summed E-state index contributed by atoms with van der Waals surface area (Å²) in [6.07, 6.45) is 8.21. The van der Waals surface area contributed by atoms with Crippen molar-refractivity contribution < 1.29 is 0 Å². The van der Waals surface area contributed by atoms with Crippen LogP contribution >= 0.6 is 0 Å². The molecular formula is C8H9N3. The molecular weight excluding hydrogens is 138 g/mol. The van der Waals surface area contributed by atoms with Gasteiger partial charge in [-0.2, -0.15) is 0 Å². The van der Waals surface area contributed by atoms with Gasteiger partial charge in [0, 0.05) is 18.0 Å². The van der Waals surface area contributed by atoms with Crippen LogP contribution in [-0.4, -0.2) is 15.7 Å². The fourth-order valence-corrected chi connectivity index (χ4v) is 0.701. The second-order valence-electron chi connectivity index (χ2n) is 2.04. The molecule has 0 aliphatic carbocycles. The zero-order chi connectivity index (χ0) is 8.10. The lowest BCUT2D eigenvalue weighted by molar-refractivity contribution is 1.16. The highest BCUT2D eigenvalue weighted by atomic mass is 14.8. The standard InChI is InChI=1S/C8H9N3/c1-2-3-8(9)7-4-10-6-11-5-7/h2-6,9H,1H3/b3-2-,9-8?. The van der Waals surface area contributed by atoms with Crippen molar-refractivity contribution in [2.75, 3.05) is 0 Å². The third-order valence-corrected chi connectivity index (χ3v) is 1.20. The van der Waals surface area contributed by atoms with Crippen LogP contribution in [0.3, 0.4) is 0 Å². The molecule has 1 aromatic rings. The van der Waals surface area contributed by atoms with Gasteiger partial charge in [0.2, 0.25) is 0 Å². The summed E-state index contributed by atoms with van der Waals surface area (Å²) in [5.41, 5.74) is 1.18. The number of allylic oxidation sites excluding steroid dienone is 2. The van der Waals surface area contributed by atoms with Crippen LogP contribution < -0.4 is 0 Å². The molecule has 0 spiro atoms. The predicted molar refractivity (Wildman–Crippen MR) is 43.7 cm³/mol. The molecule has 0 radical (unpaired) electrons. The van der Waals surface area contributed by atoms with E-state index >= 15 is 0 Å². The number of nitrogens with zero attached hydrogens (tertiary/aromatic N) is 2. The van der Waals surface area contributed by atoms with E-state index in [2.05, 4.69) is 9.97 Å². The van der Waals surface area contributed by atoms with Crippen LogP contribution in [0.4, 0.5) is 0 Å². The molecule has 56 valence electrons. The topological polar surface area (TPSA) is 49.6 Å². The Balaban J connectivity index is 2.86. The van der Waals surface area contributed by atoms with Gasteiger partial charge in [-0.3, -0.25) is 0 Å². The SMILES string of the molecule is C/C=C\C(=N)c1cncnc1. The Hall–Kier alpha value is -1.51. The van der Waals surface area contributed by atoms with Crippen LogP contribution in [0.25, 0.3) is 0 Å². The zero-order valence-electron chi connectivity index (χ0n) is 6.28. The van der Waals surface area contributed by atoms with Crippen molar-refractivity contribution in [2.45, 2.75) is 6.92 Å². The van der Waals surface area contributed by atoms with Crippen LogP contribution in [-0.2, 0) is 0 Å². The lowest BCUT2D eigenvalue weighted by atomic mass is 10.2. The molecule has 0 aromatic carbocycles. The van der Waals surface area contributed by atoms with E-state index in [4.69, 9.17) is 5.41 Å². The van der Waals surface area contributed by atoms with E-state index in [-0.39, 0.29) is 0 Å². The lowest BCUT2D eigenvalue weighted by Gasteiger charge is -1.93. The van der Waals surface area contributed by atoms with Gasteiger partial charge < -0.3 is 5.41 Å². The van der Waals surface area contributed by atoms with Gasteiger partial charge in [-0.15, -0.1) is 0 Å². The minimum Gasteiger partial charge on any atom is -0.300 e. The summed E-state index contributed by atoms with van der Waals surface area (Å²) in [5, 5.41) is 7.46. The molecule has 0 aliphatic rings. The molecule has 1 aromatic heterocycles. The monoisotopic (exact) mass is 147 g/mol. The summed E-state index contributed by atoms with van der Waals surface area (Å²) < 4.78 is 0. The quantitative estimate of drug-likeness (QED) is 0.643. The predicted octanol–water partition coefficient (Wildman–Crippen LogP) is 1.42. The molecule has 0 saturated carbocycles. The second-order valence-corrected chi connectivity index (χ2v) is 2.04. The molecule has 3 heteroatoms. The summed E-state index contributed by atoms with van der Waals surface area (Å²) >= 11 is 0. The third-order valence-electron chi connectivity index (χ3n) is 1.20. The van der Waals surface area contributed by atoms with Crippen molar-refractivity contribution >= 4 is 5.71 Å². The maximum absolute atomic E-state index is 7.46. The van der Waals surface area contributed by atoms with Gasteiger partial charge in [-0.05, 0) is 13.0 Å². The minimum absolute atomic E-state index is 0.438. The Bertz CT molecular complexity index is 264.